The van der Waals surface area contributed by atoms with E-state index < -0.39 is 0 Å². The monoisotopic (exact) mass is 225 g/mol. The van der Waals surface area contributed by atoms with Crippen molar-refractivity contribution in [1.29, 1.82) is 0 Å². The highest BCUT2D eigenvalue weighted by Crippen LogP contribution is 2.48. The highest BCUT2D eigenvalue weighted by atomic mass is 16.2. The number of nitrogens with zero attached hydrogens (tertiary/aromatic N) is 1. The molecule has 0 aromatic carbocycles. The Labute approximate surface area is 95.1 Å². The van der Waals surface area contributed by atoms with Crippen LogP contribution >= 0.6 is 0 Å². The Hall–Kier alpha value is -1.26. The quantitative estimate of drug-likeness (QED) is 0.677. The molecule has 1 heterocycles. The van der Waals surface area contributed by atoms with Crippen LogP contribution in [0.3, 0.4) is 0 Å². The van der Waals surface area contributed by atoms with Crippen LogP contribution in [0.5, 0.6) is 0 Å². The van der Waals surface area contributed by atoms with E-state index in [-0.39, 0.29) is 23.3 Å². The minimum Gasteiger partial charge on any atom is -0.369 e. The lowest BCUT2D eigenvalue weighted by molar-refractivity contribution is -0.121. The van der Waals surface area contributed by atoms with Gasteiger partial charge in [0.1, 0.15) is 0 Å². The van der Waals surface area contributed by atoms with Crippen molar-refractivity contribution in [3.05, 3.63) is 0 Å². The molecule has 5 nitrogen and oxygen atoms in total. The number of primary amides is 2. The van der Waals surface area contributed by atoms with Crippen LogP contribution in [0.4, 0.5) is 4.79 Å². The summed E-state index contributed by atoms with van der Waals surface area (Å²) in [6.07, 6.45) is 4.79. The second kappa shape index (κ2) is 3.96. The van der Waals surface area contributed by atoms with Crippen molar-refractivity contribution in [2.24, 2.45) is 22.8 Å². The second-order valence-electron chi connectivity index (χ2n) is 5.17. The summed E-state index contributed by atoms with van der Waals surface area (Å²) in [5, 5.41) is 0. The number of piperidine rings is 1. The number of likely N-dealkylation sites (tertiary alicyclic amines) is 1. The van der Waals surface area contributed by atoms with Gasteiger partial charge in [0.2, 0.25) is 5.91 Å². The Morgan fingerprint density at radius 3 is 2.19 bits per heavy atom. The van der Waals surface area contributed by atoms with E-state index in [2.05, 4.69) is 0 Å². The lowest BCUT2D eigenvalue weighted by Gasteiger charge is -2.38. The molecule has 90 valence electrons. The van der Waals surface area contributed by atoms with E-state index in [9.17, 15) is 9.59 Å². The number of nitrogens with two attached hydrogens (primary N) is 2. The fourth-order valence-electron chi connectivity index (χ4n) is 3.11. The second-order valence-corrected chi connectivity index (χ2v) is 5.17. The van der Waals surface area contributed by atoms with Crippen LogP contribution in [0.15, 0.2) is 0 Å². The minimum absolute atomic E-state index is 0.0418. The first-order valence-electron chi connectivity index (χ1n) is 5.86. The predicted octanol–water partition coefficient (Wildman–Crippen LogP) is 0.433. The van der Waals surface area contributed by atoms with Gasteiger partial charge < -0.3 is 16.4 Å². The molecule has 1 saturated heterocycles. The maximum absolute atomic E-state index is 11.1. The maximum Gasteiger partial charge on any atom is 0.314 e. The molecule has 3 amide bonds. The number of hydrogen-bond donors (Lipinski definition) is 2. The van der Waals surface area contributed by atoms with E-state index in [4.69, 9.17) is 11.5 Å². The summed E-state index contributed by atoms with van der Waals surface area (Å²) in [5.74, 6) is -0.130. The number of urea groups is 1. The van der Waals surface area contributed by atoms with Gasteiger partial charge in [-0.2, -0.15) is 0 Å². The molecule has 16 heavy (non-hydrogen) atoms. The third-order valence-corrected chi connectivity index (χ3v) is 4.24. The van der Waals surface area contributed by atoms with Gasteiger partial charge in [-0.1, -0.05) is 0 Å². The zero-order valence-electron chi connectivity index (χ0n) is 9.45. The average Bonchev–Trinajstić information content (AvgIpc) is 2.63. The van der Waals surface area contributed by atoms with E-state index >= 15 is 0 Å². The van der Waals surface area contributed by atoms with Gasteiger partial charge >= 0.3 is 6.03 Å². The molecule has 0 aromatic heterocycles. The van der Waals surface area contributed by atoms with Crippen LogP contribution in [0.2, 0.25) is 0 Å². The molecular formula is C11H19N3O2. The fraction of sp³-hybridized carbons (Fsp3) is 0.818. The first kappa shape index (κ1) is 11.2. The van der Waals surface area contributed by atoms with E-state index in [1.165, 1.54) is 0 Å². The van der Waals surface area contributed by atoms with Gasteiger partial charge in [-0.25, -0.2) is 4.79 Å². The molecule has 0 aromatic rings. The van der Waals surface area contributed by atoms with E-state index in [1.807, 2.05) is 0 Å². The number of rotatable bonds is 1. The van der Waals surface area contributed by atoms with E-state index in [1.54, 1.807) is 4.90 Å². The number of carbonyl (C=O) groups is 2. The zero-order valence-corrected chi connectivity index (χ0v) is 9.45. The fourth-order valence-corrected chi connectivity index (χ4v) is 3.11. The predicted molar refractivity (Wildman–Crippen MR) is 59.4 cm³/mol. The van der Waals surface area contributed by atoms with Crippen molar-refractivity contribution in [3.8, 4) is 0 Å². The number of hydrogen-bond acceptors (Lipinski definition) is 2. The molecule has 2 fully saturated rings. The van der Waals surface area contributed by atoms with Crippen LogP contribution in [0.1, 0.15) is 32.1 Å². The number of carbonyl (C=O) groups excluding carboxylic acids is 2. The molecule has 2 rings (SSSR count). The van der Waals surface area contributed by atoms with Crippen LogP contribution in [0, 0.1) is 11.3 Å². The molecule has 1 atom stereocenters. The average molecular weight is 225 g/mol. The van der Waals surface area contributed by atoms with Crippen LogP contribution < -0.4 is 11.5 Å². The summed E-state index contributed by atoms with van der Waals surface area (Å²) in [7, 11) is 0. The number of amides is 3. The van der Waals surface area contributed by atoms with Gasteiger partial charge in [0.05, 0.1) is 0 Å². The maximum atomic E-state index is 11.1. The van der Waals surface area contributed by atoms with Crippen molar-refractivity contribution in [2.75, 3.05) is 13.1 Å². The van der Waals surface area contributed by atoms with Gasteiger partial charge in [-0.15, -0.1) is 0 Å². The normalized spacial score (nSPS) is 28.2. The van der Waals surface area contributed by atoms with Crippen molar-refractivity contribution < 1.29 is 9.59 Å². The first-order chi connectivity index (χ1) is 7.52. The Bertz CT molecular complexity index is 308. The largest absolute Gasteiger partial charge is 0.369 e. The molecule has 0 bridgehead atoms. The molecule has 2 aliphatic rings. The molecule has 5 heteroatoms. The van der Waals surface area contributed by atoms with Gasteiger partial charge in [0.15, 0.2) is 0 Å². The van der Waals surface area contributed by atoms with Gasteiger partial charge in [-0.05, 0) is 37.5 Å². The summed E-state index contributed by atoms with van der Waals surface area (Å²) >= 11 is 0. The lowest BCUT2D eigenvalue weighted by atomic mass is 9.76. The highest BCUT2D eigenvalue weighted by Gasteiger charge is 2.43. The van der Waals surface area contributed by atoms with Gasteiger partial charge in [0, 0.05) is 19.0 Å². The van der Waals surface area contributed by atoms with Crippen LogP contribution in [-0.4, -0.2) is 29.9 Å². The topological polar surface area (TPSA) is 89.4 Å². The Morgan fingerprint density at radius 1 is 1.12 bits per heavy atom. The summed E-state index contributed by atoms with van der Waals surface area (Å²) in [6, 6.07) is -0.334. The molecule has 1 saturated carbocycles. The lowest BCUT2D eigenvalue weighted by Crippen LogP contribution is -2.45. The zero-order chi connectivity index (χ0) is 11.8. The Kier molecular flexibility index (Phi) is 2.78. The molecule has 4 N–H and O–H groups in total. The van der Waals surface area contributed by atoms with Crippen LogP contribution in [-0.2, 0) is 4.79 Å². The first-order valence-corrected chi connectivity index (χ1v) is 5.86. The minimum atomic E-state index is -0.334. The van der Waals surface area contributed by atoms with Crippen molar-refractivity contribution in [2.45, 2.75) is 32.1 Å². The van der Waals surface area contributed by atoms with E-state index in [0.29, 0.717) is 0 Å². The van der Waals surface area contributed by atoms with Gasteiger partial charge in [0.25, 0.3) is 0 Å². The standard InChI is InChI=1S/C11H19N3O2/c12-9(15)8-1-2-11(7-8)3-5-14(6-4-11)10(13)16/h8H,1-7H2,(H2,12,15)(H2,13,16). The third-order valence-electron chi connectivity index (χ3n) is 4.24. The summed E-state index contributed by atoms with van der Waals surface area (Å²) in [5.41, 5.74) is 10.8. The third kappa shape index (κ3) is 1.99. The van der Waals surface area contributed by atoms with Crippen molar-refractivity contribution in [1.82, 2.24) is 4.90 Å². The summed E-state index contributed by atoms with van der Waals surface area (Å²) < 4.78 is 0. The Balaban J connectivity index is 1.93. The molecule has 0 radical (unpaired) electrons. The van der Waals surface area contributed by atoms with E-state index in [0.717, 1.165) is 45.2 Å². The molecule has 1 spiro atoms. The highest BCUT2D eigenvalue weighted by molar-refractivity contribution is 5.77. The van der Waals surface area contributed by atoms with Crippen LogP contribution in [0.25, 0.3) is 0 Å². The summed E-state index contributed by atoms with van der Waals surface area (Å²) in [6.45, 7) is 1.45. The molecule has 1 aliphatic carbocycles. The van der Waals surface area contributed by atoms with Crippen molar-refractivity contribution >= 4 is 11.9 Å². The van der Waals surface area contributed by atoms with Gasteiger partial charge in [-0.3, -0.25) is 4.79 Å². The SMILES string of the molecule is NC(=O)C1CCC2(CCN(C(N)=O)CC2)C1. The molecule has 1 aliphatic heterocycles. The molecular weight excluding hydrogens is 206 g/mol. The Morgan fingerprint density at radius 2 is 1.75 bits per heavy atom. The smallest absolute Gasteiger partial charge is 0.314 e. The summed E-state index contributed by atoms with van der Waals surface area (Å²) in [4.78, 5) is 23.8. The molecule has 1 unspecified atom stereocenters. The van der Waals surface area contributed by atoms with Crippen molar-refractivity contribution in [3.63, 3.8) is 0 Å².